The standard InChI is InChI=1S/C20H25NO3/c1-13(22)16-2-4-17(5-3-16)21-18(23)11-19-7-14-6-15(8-19)10-20(24,9-14)12-19/h2-5,14-15,24H,6-12H2,1H3,(H,21,23). The molecule has 0 spiro atoms. The number of Topliss-reactive ketones (excluding diaryl/α,β-unsaturated/α-hetero) is 1. The summed E-state index contributed by atoms with van der Waals surface area (Å²) in [6.45, 7) is 1.53. The van der Waals surface area contributed by atoms with Gasteiger partial charge in [-0.1, -0.05) is 0 Å². The molecule has 0 saturated heterocycles. The van der Waals surface area contributed by atoms with Gasteiger partial charge in [-0.15, -0.1) is 0 Å². The number of anilines is 1. The molecule has 4 aliphatic rings. The van der Waals surface area contributed by atoms with Gasteiger partial charge in [-0.2, -0.15) is 0 Å². The monoisotopic (exact) mass is 327 g/mol. The topological polar surface area (TPSA) is 66.4 Å². The van der Waals surface area contributed by atoms with Crippen molar-refractivity contribution < 1.29 is 14.7 Å². The predicted octanol–water partition coefficient (Wildman–Crippen LogP) is 3.55. The molecular weight excluding hydrogens is 302 g/mol. The first-order valence-corrected chi connectivity index (χ1v) is 8.98. The van der Waals surface area contributed by atoms with E-state index in [2.05, 4.69) is 5.32 Å². The lowest BCUT2D eigenvalue weighted by molar-refractivity contribution is -0.167. The van der Waals surface area contributed by atoms with Crippen LogP contribution in [0.2, 0.25) is 0 Å². The first kappa shape index (κ1) is 15.8. The maximum atomic E-state index is 12.6. The van der Waals surface area contributed by atoms with Crippen molar-refractivity contribution >= 4 is 17.4 Å². The van der Waals surface area contributed by atoms with Crippen LogP contribution in [-0.2, 0) is 4.79 Å². The van der Waals surface area contributed by atoms with E-state index in [4.69, 9.17) is 0 Å². The molecule has 2 atom stereocenters. The number of hydrogen-bond acceptors (Lipinski definition) is 3. The minimum absolute atomic E-state index is 0.0117. The Kier molecular flexibility index (Phi) is 3.57. The zero-order chi connectivity index (χ0) is 16.9. The van der Waals surface area contributed by atoms with Crippen LogP contribution in [0.4, 0.5) is 5.69 Å². The van der Waals surface area contributed by atoms with Gasteiger partial charge < -0.3 is 10.4 Å². The molecule has 0 aliphatic heterocycles. The van der Waals surface area contributed by atoms with Crippen LogP contribution in [-0.4, -0.2) is 22.4 Å². The third-order valence-electron chi connectivity index (χ3n) is 6.26. The minimum Gasteiger partial charge on any atom is -0.390 e. The molecule has 5 rings (SSSR count). The summed E-state index contributed by atoms with van der Waals surface area (Å²) in [7, 11) is 0. The fourth-order valence-electron chi connectivity index (χ4n) is 5.94. The zero-order valence-corrected chi connectivity index (χ0v) is 14.2. The second-order valence-corrected chi connectivity index (χ2v) is 8.54. The van der Waals surface area contributed by atoms with Gasteiger partial charge in [0.1, 0.15) is 0 Å². The summed E-state index contributed by atoms with van der Waals surface area (Å²) in [6, 6.07) is 7.04. The molecule has 1 amide bonds. The average Bonchev–Trinajstić information content (AvgIpc) is 2.44. The Hall–Kier alpha value is -1.68. The van der Waals surface area contributed by atoms with E-state index < -0.39 is 5.60 Å². The SMILES string of the molecule is CC(=O)c1ccc(NC(=O)CC23CC4CC(CC(O)(C4)C2)C3)cc1. The summed E-state index contributed by atoms with van der Waals surface area (Å²) in [4.78, 5) is 23.9. The van der Waals surface area contributed by atoms with Crippen molar-refractivity contribution in [2.45, 2.75) is 57.5 Å². The molecule has 4 bridgehead atoms. The lowest BCUT2D eigenvalue weighted by atomic mass is 9.47. The molecule has 0 radical (unpaired) electrons. The molecule has 24 heavy (non-hydrogen) atoms. The highest BCUT2D eigenvalue weighted by atomic mass is 16.3. The van der Waals surface area contributed by atoms with E-state index in [0.29, 0.717) is 23.8 Å². The van der Waals surface area contributed by atoms with Crippen LogP contribution in [0.15, 0.2) is 24.3 Å². The Balaban J connectivity index is 1.43. The molecule has 1 aromatic rings. The molecule has 4 heteroatoms. The number of ketones is 1. The van der Waals surface area contributed by atoms with E-state index in [-0.39, 0.29) is 17.1 Å². The molecule has 4 saturated carbocycles. The molecule has 0 aromatic heterocycles. The van der Waals surface area contributed by atoms with Gasteiger partial charge in [-0.05, 0) is 87.0 Å². The summed E-state index contributed by atoms with van der Waals surface area (Å²) in [5.74, 6) is 1.24. The van der Waals surface area contributed by atoms with Crippen molar-refractivity contribution in [2.75, 3.05) is 5.32 Å². The van der Waals surface area contributed by atoms with Crippen LogP contribution in [0.1, 0.15) is 62.2 Å². The van der Waals surface area contributed by atoms with Gasteiger partial charge in [0.15, 0.2) is 5.78 Å². The summed E-state index contributed by atoms with van der Waals surface area (Å²) in [5, 5.41) is 13.8. The van der Waals surface area contributed by atoms with Crippen molar-refractivity contribution in [3.05, 3.63) is 29.8 Å². The van der Waals surface area contributed by atoms with Gasteiger partial charge in [-0.3, -0.25) is 9.59 Å². The second kappa shape index (κ2) is 5.41. The van der Waals surface area contributed by atoms with Gasteiger partial charge in [0.05, 0.1) is 5.60 Å². The number of aliphatic hydroxyl groups is 1. The lowest BCUT2D eigenvalue weighted by Gasteiger charge is -2.60. The van der Waals surface area contributed by atoms with Gasteiger partial charge >= 0.3 is 0 Å². The first-order chi connectivity index (χ1) is 11.3. The average molecular weight is 327 g/mol. The van der Waals surface area contributed by atoms with Crippen LogP contribution >= 0.6 is 0 Å². The molecule has 2 unspecified atom stereocenters. The molecular formula is C20H25NO3. The number of amides is 1. The summed E-state index contributed by atoms with van der Waals surface area (Å²) < 4.78 is 0. The number of carbonyl (C=O) groups is 2. The quantitative estimate of drug-likeness (QED) is 0.831. The summed E-state index contributed by atoms with van der Waals surface area (Å²) in [5.41, 5.74) is 0.847. The maximum Gasteiger partial charge on any atom is 0.224 e. The van der Waals surface area contributed by atoms with Crippen LogP contribution < -0.4 is 5.32 Å². The van der Waals surface area contributed by atoms with E-state index in [9.17, 15) is 14.7 Å². The van der Waals surface area contributed by atoms with E-state index >= 15 is 0 Å². The van der Waals surface area contributed by atoms with Gasteiger partial charge in [0, 0.05) is 17.7 Å². The number of benzene rings is 1. The van der Waals surface area contributed by atoms with Gasteiger partial charge in [-0.25, -0.2) is 0 Å². The van der Waals surface area contributed by atoms with Gasteiger partial charge in [0.25, 0.3) is 0 Å². The fraction of sp³-hybridized carbons (Fsp3) is 0.600. The Morgan fingerprint density at radius 3 is 2.29 bits per heavy atom. The minimum atomic E-state index is -0.520. The number of rotatable bonds is 4. The largest absolute Gasteiger partial charge is 0.390 e. The van der Waals surface area contributed by atoms with Crippen molar-refractivity contribution in [1.29, 1.82) is 0 Å². The predicted molar refractivity (Wildman–Crippen MR) is 91.8 cm³/mol. The summed E-state index contributed by atoms with van der Waals surface area (Å²) in [6.07, 6.45) is 6.54. The molecule has 4 nitrogen and oxygen atoms in total. The highest BCUT2D eigenvalue weighted by molar-refractivity contribution is 5.95. The van der Waals surface area contributed by atoms with Crippen LogP contribution in [0.25, 0.3) is 0 Å². The van der Waals surface area contributed by atoms with Crippen LogP contribution in [0.5, 0.6) is 0 Å². The van der Waals surface area contributed by atoms with E-state index in [1.54, 1.807) is 24.3 Å². The second-order valence-electron chi connectivity index (χ2n) is 8.54. The van der Waals surface area contributed by atoms with Crippen molar-refractivity contribution in [3.63, 3.8) is 0 Å². The highest BCUT2D eigenvalue weighted by Crippen LogP contribution is 2.62. The Labute approximate surface area is 142 Å². The van der Waals surface area contributed by atoms with E-state index in [0.717, 1.165) is 37.8 Å². The maximum absolute atomic E-state index is 12.6. The van der Waals surface area contributed by atoms with E-state index in [1.807, 2.05) is 0 Å². The zero-order valence-electron chi connectivity index (χ0n) is 14.2. The van der Waals surface area contributed by atoms with Crippen molar-refractivity contribution in [2.24, 2.45) is 17.3 Å². The fourth-order valence-corrected chi connectivity index (χ4v) is 5.94. The van der Waals surface area contributed by atoms with Crippen molar-refractivity contribution in [1.82, 2.24) is 0 Å². The van der Waals surface area contributed by atoms with E-state index in [1.165, 1.54) is 13.3 Å². The molecule has 4 aliphatic carbocycles. The third-order valence-corrected chi connectivity index (χ3v) is 6.26. The normalized spacial score (nSPS) is 36.6. The number of hydrogen-bond donors (Lipinski definition) is 2. The molecule has 128 valence electrons. The smallest absolute Gasteiger partial charge is 0.224 e. The molecule has 2 N–H and O–H groups in total. The Morgan fingerprint density at radius 1 is 1.12 bits per heavy atom. The number of carbonyl (C=O) groups excluding carboxylic acids is 2. The molecule has 4 fully saturated rings. The molecule has 1 aromatic carbocycles. The lowest BCUT2D eigenvalue weighted by Crippen LogP contribution is -2.56. The Morgan fingerprint density at radius 2 is 1.75 bits per heavy atom. The number of nitrogens with one attached hydrogen (secondary N) is 1. The molecule has 0 heterocycles. The third kappa shape index (κ3) is 2.88. The van der Waals surface area contributed by atoms with Crippen LogP contribution in [0, 0.1) is 17.3 Å². The Bertz CT molecular complexity index is 665. The van der Waals surface area contributed by atoms with Crippen LogP contribution in [0.3, 0.4) is 0 Å². The highest BCUT2D eigenvalue weighted by Gasteiger charge is 2.57. The summed E-state index contributed by atoms with van der Waals surface area (Å²) >= 11 is 0. The van der Waals surface area contributed by atoms with Gasteiger partial charge in [0.2, 0.25) is 5.91 Å². The van der Waals surface area contributed by atoms with Crippen molar-refractivity contribution in [3.8, 4) is 0 Å². The first-order valence-electron chi connectivity index (χ1n) is 8.98.